The number of likely N-dealkylation sites (tertiary alicyclic amines) is 1. The van der Waals surface area contributed by atoms with Crippen LogP contribution in [-0.4, -0.2) is 33.1 Å². The van der Waals surface area contributed by atoms with E-state index in [1.165, 1.54) is 12.1 Å². The van der Waals surface area contributed by atoms with Crippen molar-refractivity contribution >= 4 is 0 Å². The molecule has 1 atom stereocenters. The SMILES string of the molecule is OC(c1cccnc1)(c1cccnc1)C(c1cccc(F)c1)N1CCCC1. The predicted molar refractivity (Wildman–Crippen MR) is 101 cm³/mol. The van der Waals surface area contributed by atoms with Crippen LogP contribution in [0.3, 0.4) is 0 Å². The van der Waals surface area contributed by atoms with Crippen LogP contribution in [0.15, 0.2) is 73.3 Å². The average Bonchev–Trinajstić information content (AvgIpc) is 3.23. The first-order valence-corrected chi connectivity index (χ1v) is 9.22. The van der Waals surface area contributed by atoms with Gasteiger partial charge in [-0.3, -0.25) is 14.9 Å². The van der Waals surface area contributed by atoms with E-state index in [0.29, 0.717) is 11.1 Å². The van der Waals surface area contributed by atoms with Crippen molar-refractivity contribution in [3.05, 3.63) is 95.8 Å². The maximum atomic E-state index is 14.1. The Morgan fingerprint density at radius 1 is 0.926 bits per heavy atom. The molecule has 0 spiro atoms. The summed E-state index contributed by atoms with van der Waals surface area (Å²) in [5.74, 6) is -0.309. The van der Waals surface area contributed by atoms with Gasteiger partial charge in [-0.25, -0.2) is 4.39 Å². The van der Waals surface area contributed by atoms with E-state index in [1.807, 2.05) is 30.3 Å². The monoisotopic (exact) mass is 363 g/mol. The molecule has 1 fully saturated rings. The molecule has 27 heavy (non-hydrogen) atoms. The summed E-state index contributed by atoms with van der Waals surface area (Å²) in [5, 5.41) is 12.2. The van der Waals surface area contributed by atoms with Crippen molar-refractivity contribution in [3.63, 3.8) is 0 Å². The minimum Gasteiger partial charge on any atom is -0.378 e. The molecule has 0 saturated carbocycles. The van der Waals surface area contributed by atoms with Crippen LogP contribution < -0.4 is 0 Å². The Hall–Kier alpha value is -2.63. The van der Waals surface area contributed by atoms with E-state index in [1.54, 1.807) is 30.9 Å². The van der Waals surface area contributed by atoms with Crippen molar-refractivity contribution in [1.29, 1.82) is 0 Å². The van der Waals surface area contributed by atoms with E-state index < -0.39 is 11.6 Å². The molecule has 4 rings (SSSR count). The quantitative estimate of drug-likeness (QED) is 0.751. The van der Waals surface area contributed by atoms with Gasteiger partial charge in [-0.1, -0.05) is 24.3 Å². The molecule has 1 aromatic carbocycles. The fourth-order valence-electron chi connectivity index (χ4n) is 4.05. The largest absolute Gasteiger partial charge is 0.378 e. The molecule has 0 amide bonds. The van der Waals surface area contributed by atoms with Gasteiger partial charge in [-0.05, 0) is 55.8 Å². The lowest BCUT2D eigenvalue weighted by Crippen LogP contribution is -2.44. The van der Waals surface area contributed by atoms with Crippen molar-refractivity contribution in [2.75, 3.05) is 13.1 Å². The Balaban J connectivity index is 1.94. The summed E-state index contributed by atoms with van der Waals surface area (Å²) in [4.78, 5) is 10.7. The number of nitrogens with zero attached hydrogens (tertiary/aromatic N) is 3. The lowest BCUT2D eigenvalue weighted by molar-refractivity contribution is -0.0153. The van der Waals surface area contributed by atoms with Crippen LogP contribution in [0.5, 0.6) is 0 Å². The molecule has 1 unspecified atom stereocenters. The summed E-state index contributed by atoms with van der Waals surface area (Å²) in [5.41, 5.74) is 0.672. The molecule has 5 heteroatoms. The van der Waals surface area contributed by atoms with Gasteiger partial charge in [-0.15, -0.1) is 0 Å². The van der Waals surface area contributed by atoms with Gasteiger partial charge >= 0.3 is 0 Å². The lowest BCUT2D eigenvalue weighted by Gasteiger charge is -2.42. The first-order valence-electron chi connectivity index (χ1n) is 9.22. The standard InChI is InChI=1S/C22H22FN3O/c23-20-9-3-6-17(14-20)21(26-12-1-2-13-26)22(27,18-7-4-10-24-15-18)19-8-5-11-25-16-19/h3-11,14-16,21,27H,1-2,12-13H2. The zero-order valence-corrected chi connectivity index (χ0v) is 15.0. The Morgan fingerprint density at radius 2 is 1.56 bits per heavy atom. The Labute approximate surface area is 158 Å². The summed E-state index contributed by atoms with van der Waals surface area (Å²) in [6, 6.07) is 13.4. The molecule has 0 bridgehead atoms. The van der Waals surface area contributed by atoms with Gasteiger partial charge in [0.1, 0.15) is 11.4 Å². The van der Waals surface area contributed by atoms with Crippen LogP contribution in [0.25, 0.3) is 0 Å². The second-order valence-corrected chi connectivity index (χ2v) is 6.95. The molecule has 1 aliphatic heterocycles. The highest BCUT2D eigenvalue weighted by Gasteiger charge is 2.45. The highest BCUT2D eigenvalue weighted by Crippen LogP contribution is 2.45. The third-order valence-corrected chi connectivity index (χ3v) is 5.27. The number of hydrogen-bond acceptors (Lipinski definition) is 4. The Morgan fingerprint density at radius 3 is 2.07 bits per heavy atom. The highest BCUT2D eigenvalue weighted by molar-refractivity contribution is 5.39. The van der Waals surface area contributed by atoms with E-state index in [-0.39, 0.29) is 5.82 Å². The summed E-state index contributed by atoms with van der Waals surface area (Å²) in [7, 11) is 0. The van der Waals surface area contributed by atoms with Crippen molar-refractivity contribution in [3.8, 4) is 0 Å². The number of rotatable bonds is 5. The maximum Gasteiger partial charge on any atom is 0.137 e. The van der Waals surface area contributed by atoms with E-state index in [2.05, 4.69) is 14.9 Å². The first-order chi connectivity index (χ1) is 13.2. The number of aromatic nitrogens is 2. The van der Waals surface area contributed by atoms with E-state index >= 15 is 0 Å². The molecule has 2 aromatic heterocycles. The van der Waals surface area contributed by atoms with E-state index in [0.717, 1.165) is 31.5 Å². The summed E-state index contributed by atoms with van der Waals surface area (Å²) < 4.78 is 14.1. The number of benzene rings is 1. The predicted octanol–water partition coefficient (Wildman–Crippen LogP) is 3.69. The zero-order chi connectivity index (χ0) is 18.7. The van der Waals surface area contributed by atoms with E-state index in [9.17, 15) is 9.50 Å². The molecule has 1 aliphatic rings. The molecular formula is C22H22FN3O. The number of hydrogen-bond donors (Lipinski definition) is 1. The van der Waals surface area contributed by atoms with Gasteiger partial charge in [0.05, 0.1) is 6.04 Å². The van der Waals surface area contributed by atoms with Crippen molar-refractivity contribution in [2.45, 2.75) is 24.5 Å². The molecule has 3 heterocycles. The molecule has 1 N–H and O–H groups in total. The minimum atomic E-state index is -1.40. The third kappa shape index (κ3) is 3.36. The van der Waals surface area contributed by atoms with Crippen LogP contribution in [0.4, 0.5) is 4.39 Å². The van der Waals surface area contributed by atoms with Gasteiger partial charge in [0, 0.05) is 35.9 Å². The number of aliphatic hydroxyl groups is 1. The number of pyridine rings is 2. The van der Waals surface area contributed by atoms with Crippen LogP contribution in [0.1, 0.15) is 35.6 Å². The van der Waals surface area contributed by atoms with Crippen molar-refractivity contribution < 1.29 is 9.50 Å². The molecule has 138 valence electrons. The molecule has 4 nitrogen and oxygen atoms in total. The van der Waals surface area contributed by atoms with Crippen LogP contribution in [-0.2, 0) is 5.60 Å². The minimum absolute atomic E-state index is 0.309. The van der Waals surface area contributed by atoms with Crippen molar-refractivity contribution in [2.24, 2.45) is 0 Å². The van der Waals surface area contributed by atoms with Crippen molar-refractivity contribution in [1.82, 2.24) is 14.9 Å². The Kier molecular flexibility index (Phi) is 4.97. The van der Waals surface area contributed by atoms with Gasteiger partial charge in [-0.2, -0.15) is 0 Å². The van der Waals surface area contributed by atoms with E-state index in [4.69, 9.17) is 0 Å². The van der Waals surface area contributed by atoms with Gasteiger partial charge in [0.2, 0.25) is 0 Å². The second-order valence-electron chi connectivity index (χ2n) is 6.95. The lowest BCUT2D eigenvalue weighted by atomic mass is 9.77. The normalized spacial score (nSPS) is 16.4. The van der Waals surface area contributed by atoms with Crippen LogP contribution in [0.2, 0.25) is 0 Å². The molecule has 1 saturated heterocycles. The number of halogens is 1. The van der Waals surface area contributed by atoms with Gasteiger partial charge in [0.15, 0.2) is 0 Å². The molecule has 3 aromatic rings. The fourth-order valence-corrected chi connectivity index (χ4v) is 4.05. The van der Waals surface area contributed by atoms with Crippen LogP contribution in [0, 0.1) is 5.82 Å². The highest BCUT2D eigenvalue weighted by atomic mass is 19.1. The zero-order valence-electron chi connectivity index (χ0n) is 15.0. The summed E-state index contributed by atoms with van der Waals surface area (Å²) >= 11 is 0. The molecule has 0 radical (unpaired) electrons. The summed E-state index contributed by atoms with van der Waals surface area (Å²) in [6.07, 6.45) is 8.83. The maximum absolute atomic E-state index is 14.1. The van der Waals surface area contributed by atoms with Gasteiger partial charge < -0.3 is 5.11 Å². The Bertz CT molecular complexity index is 843. The smallest absolute Gasteiger partial charge is 0.137 e. The fraction of sp³-hybridized carbons (Fsp3) is 0.273. The summed E-state index contributed by atoms with van der Waals surface area (Å²) in [6.45, 7) is 1.70. The molecular weight excluding hydrogens is 341 g/mol. The average molecular weight is 363 g/mol. The topological polar surface area (TPSA) is 49.3 Å². The third-order valence-electron chi connectivity index (χ3n) is 5.27. The van der Waals surface area contributed by atoms with Gasteiger partial charge in [0.25, 0.3) is 0 Å². The second kappa shape index (κ2) is 7.55. The molecule has 0 aliphatic carbocycles. The van der Waals surface area contributed by atoms with Crippen LogP contribution >= 0.6 is 0 Å². The first kappa shape index (κ1) is 17.8.